The molecule has 1 atom stereocenters. The number of carboxylic acids is 1. The Labute approximate surface area is 113 Å². The lowest BCUT2D eigenvalue weighted by Crippen LogP contribution is -2.44. The topological polar surface area (TPSA) is 83.5 Å². The average molecular weight is 311 g/mol. The van der Waals surface area contributed by atoms with E-state index in [4.69, 9.17) is 5.11 Å². The lowest BCUT2D eigenvalue weighted by molar-refractivity contribution is -0.140. The molecule has 1 rings (SSSR count). The first kappa shape index (κ1) is 16.4. The van der Waals surface area contributed by atoms with Crippen LogP contribution in [0.15, 0.2) is 17.0 Å². The van der Waals surface area contributed by atoms with Gasteiger partial charge in [-0.15, -0.1) is 0 Å². The van der Waals surface area contributed by atoms with Crippen molar-refractivity contribution in [3.05, 3.63) is 29.6 Å². The van der Waals surface area contributed by atoms with E-state index in [2.05, 4.69) is 0 Å². The van der Waals surface area contributed by atoms with Crippen molar-refractivity contribution in [1.29, 1.82) is 0 Å². The zero-order chi connectivity index (χ0) is 15.7. The summed E-state index contributed by atoms with van der Waals surface area (Å²) in [6, 6.07) is -0.555. The van der Waals surface area contributed by atoms with Crippen LogP contribution in [0.1, 0.15) is 13.8 Å². The van der Waals surface area contributed by atoms with Gasteiger partial charge in [-0.2, -0.15) is 4.72 Å². The number of rotatable bonds is 5. The molecule has 1 aromatic carbocycles. The molecule has 0 aliphatic heterocycles. The van der Waals surface area contributed by atoms with E-state index < -0.39 is 50.3 Å². The van der Waals surface area contributed by atoms with Crippen molar-refractivity contribution in [3.8, 4) is 0 Å². The molecule has 0 bridgehead atoms. The van der Waals surface area contributed by atoms with E-state index >= 15 is 0 Å². The largest absolute Gasteiger partial charge is 0.480 e. The van der Waals surface area contributed by atoms with Crippen molar-refractivity contribution in [1.82, 2.24) is 4.72 Å². The number of hydrogen-bond donors (Lipinski definition) is 2. The molecule has 1 aromatic rings. The molecule has 20 heavy (non-hydrogen) atoms. The van der Waals surface area contributed by atoms with E-state index in [0.717, 1.165) is 0 Å². The number of benzene rings is 1. The molecule has 5 nitrogen and oxygen atoms in total. The van der Waals surface area contributed by atoms with Gasteiger partial charge in [0, 0.05) is 0 Å². The molecule has 0 saturated carbocycles. The predicted molar refractivity (Wildman–Crippen MR) is 62.9 cm³/mol. The Kier molecular flexibility index (Phi) is 4.77. The van der Waals surface area contributed by atoms with Crippen LogP contribution in [-0.2, 0) is 14.8 Å². The fourth-order valence-electron chi connectivity index (χ4n) is 1.42. The van der Waals surface area contributed by atoms with Gasteiger partial charge in [0.2, 0.25) is 10.0 Å². The predicted octanol–water partition coefficient (Wildman–Crippen LogP) is 1.49. The van der Waals surface area contributed by atoms with Gasteiger partial charge in [-0.1, -0.05) is 13.8 Å². The Morgan fingerprint density at radius 1 is 1.20 bits per heavy atom. The highest BCUT2D eigenvalue weighted by atomic mass is 32.2. The first-order chi connectivity index (χ1) is 9.08. The standard InChI is InChI=1S/C11H12F3NO4S/c1-5(2)10(11(16)17)15-20(18,19)7-4-3-6(12)8(13)9(7)14/h3-5,10,15H,1-2H3,(H,16,17)/t10-/m0/s1. The minimum Gasteiger partial charge on any atom is -0.480 e. The van der Waals surface area contributed by atoms with Crippen LogP contribution in [0.3, 0.4) is 0 Å². The molecular formula is C11H12F3NO4S. The molecule has 0 radical (unpaired) electrons. The summed E-state index contributed by atoms with van der Waals surface area (Å²) < 4.78 is 64.6. The molecule has 112 valence electrons. The van der Waals surface area contributed by atoms with Gasteiger partial charge in [0.25, 0.3) is 0 Å². The number of carbonyl (C=O) groups is 1. The molecule has 0 unspecified atom stereocenters. The summed E-state index contributed by atoms with van der Waals surface area (Å²) in [4.78, 5) is 9.75. The fourth-order valence-corrected chi connectivity index (χ4v) is 2.82. The summed E-state index contributed by atoms with van der Waals surface area (Å²) in [6.07, 6.45) is 0. The van der Waals surface area contributed by atoms with Gasteiger partial charge < -0.3 is 5.11 Å². The number of halogens is 3. The first-order valence-electron chi connectivity index (χ1n) is 5.46. The molecule has 0 aliphatic carbocycles. The van der Waals surface area contributed by atoms with E-state index in [1.807, 2.05) is 0 Å². The second-order valence-electron chi connectivity index (χ2n) is 4.35. The van der Waals surface area contributed by atoms with Crippen LogP contribution in [0.4, 0.5) is 13.2 Å². The number of aliphatic carboxylic acids is 1. The van der Waals surface area contributed by atoms with E-state index in [1.165, 1.54) is 13.8 Å². The fraction of sp³-hybridized carbons (Fsp3) is 0.364. The van der Waals surface area contributed by atoms with Crippen molar-refractivity contribution in [2.75, 3.05) is 0 Å². The highest BCUT2D eigenvalue weighted by Gasteiger charge is 2.31. The van der Waals surface area contributed by atoms with Crippen LogP contribution < -0.4 is 4.72 Å². The molecule has 0 amide bonds. The van der Waals surface area contributed by atoms with Crippen LogP contribution in [0.5, 0.6) is 0 Å². The third-order valence-electron chi connectivity index (χ3n) is 2.50. The molecule has 9 heteroatoms. The maximum Gasteiger partial charge on any atom is 0.322 e. The van der Waals surface area contributed by atoms with Crippen molar-refractivity contribution in [2.24, 2.45) is 5.92 Å². The maximum atomic E-state index is 13.4. The minimum absolute atomic E-state index is 0.443. The second kappa shape index (κ2) is 5.80. The molecule has 0 spiro atoms. The zero-order valence-electron chi connectivity index (χ0n) is 10.5. The van der Waals surface area contributed by atoms with E-state index in [1.54, 1.807) is 4.72 Å². The molecule has 0 heterocycles. The number of sulfonamides is 1. The van der Waals surface area contributed by atoms with Gasteiger partial charge in [-0.05, 0) is 18.1 Å². The Balaban J connectivity index is 3.25. The molecule has 0 saturated heterocycles. The third-order valence-corrected chi connectivity index (χ3v) is 3.96. The van der Waals surface area contributed by atoms with Crippen molar-refractivity contribution >= 4 is 16.0 Å². The van der Waals surface area contributed by atoms with Gasteiger partial charge in [0.15, 0.2) is 17.5 Å². The van der Waals surface area contributed by atoms with E-state index in [9.17, 15) is 26.4 Å². The van der Waals surface area contributed by atoms with E-state index in [-0.39, 0.29) is 0 Å². The number of nitrogens with one attached hydrogen (secondary N) is 1. The Morgan fingerprint density at radius 2 is 1.75 bits per heavy atom. The second-order valence-corrected chi connectivity index (χ2v) is 6.04. The van der Waals surface area contributed by atoms with Crippen LogP contribution in [0.25, 0.3) is 0 Å². The first-order valence-corrected chi connectivity index (χ1v) is 6.95. The summed E-state index contributed by atoms with van der Waals surface area (Å²) in [5, 5.41) is 8.87. The quantitative estimate of drug-likeness (QED) is 0.807. The number of carboxylic acid groups (broad SMARTS) is 1. The zero-order valence-corrected chi connectivity index (χ0v) is 11.3. The van der Waals surface area contributed by atoms with Crippen molar-refractivity contribution < 1.29 is 31.5 Å². The Morgan fingerprint density at radius 3 is 2.20 bits per heavy atom. The van der Waals surface area contributed by atoms with Gasteiger partial charge in [0.1, 0.15) is 10.9 Å². The monoisotopic (exact) mass is 311 g/mol. The summed E-state index contributed by atoms with van der Waals surface area (Å²) in [6.45, 7) is 2.87. The summed E-state index contributed by atoms with van der Waals surface area (Å²) in [5.74, 6) is -7.48. The van der Waals surface area contributed by atoms with Crippen LogP contribution >= 0.6 is 0 Å². The van der Waals surface area contributed by atoms with Gasteiger partial charge in [0.05, 0.1) is 0 Å². The highest BCUT2D eigenvalue weighted by molar-refractivity contribution is 7.89. The van der Waals surface area contributed by atoms with Gasteiger partial charge >= 0.3 is 5.97 Å². The SMILES string of the molecule is CC(C)[C@H](NS(=O)(=O)c1ccc(F)c(F)c1F)C(=O)O. The minimum atomic E-state index is -4.63. The van der Waals surface area contributed by atoms with Crippen LogP contribution in [0.2, 0.25) is 0 Å². The van der Waals surface area contributed by atoms with Crippen LogP contribution in [-0.4, -0.2) is 25.5 Å². The number of hydrogen-bond acceptors (Lipinski definition) is 3. The third kappa shape index (κ3) is 3.28. The average Bonchev–Trinajstić information content (AvgIpc) is 2.32. The molecular weight excluding hydrogens is 299 g/mol. The normalized spacial score (nSPS) is 13.5. The Hall–Kier alpha value is -1.61. The van der Waals surface area contributed by atoms with E-state index in [0.29, 0.717) is 12.1 Å². The molecule has 0 fully saturated rings. The van der Waals surface area contributed by atoms with Crippen molar-refractivity contribution in [2.45, 2.75) is 24.8 Å². The lowest BCUT2D eigenvalue weighted by Gasteiger charge is -2.18. The maximum absolute atomic E-state index is 13.4. The molecule has 0 aromatic heterocycles. The van der Waals surface area contributed by atoms with Gasteiger partial charge in [-0.25, -0.2) is 21.6 Å². The van der Waals surface area contributed by atoms with Crippen LogP contribution in [0, 0.1) is 23.4 Å². The molecule has 0 aliphatic rings. The lowest BCUT2D eigenvalue weighted by atomic mass is 10.1. The summed E-state index contributed by atoms with van der Waals surface area (Å²) in [5.41, 5.74) is 0. The summed E-state index contributed by atoms with van der Waals surface area (Å²) in [7, 11) is -4.63. The Bertz CT molecular complexity index is 631. The highest BCUT2D eigenvalue weighted by Crippen LogP contribution is 2.20. The van der Waals surface area contributed by atoms with Crippen molar-refractivity contribution in [3.63, 3.8) is 0 Å². The smallest absolute Gasteiger partial charge is 0.322 e. The van der Waals surface area contributed by atoms with Gasteiger partial charge in [-0.3, -0.25) is 4.79 Å². The summed E-state index contributed by atoms with van der Waals surface area (Å²) >= 11 is 0. The molecule has 2 N–H and O–H groups in total.